The number of benzene rings is 1. The number of carbonyl (C=O) groups is 2. The zero-order valence-electron chi connectivity index (χ0n) is 16.3. The molecule has 7 nitrogen and oxygen atoms in total. The van der Waals surface area contributed by atoms with Crippen LogP contribution in [0.1, 0.15) is 21.1 Å². The average Bonchev–Trinajstić information content (AvgIpc) is 3.36. The zero-order valence-corrected chi connectivity index (χ0v) is 17.9. The van der Waals surface area contributed by atoms with Crippen molar-refractivity contribution in [1.29, 1.82) is 0 Å². The average molecular weight is 435 g/mol. The lowest BCUT2D eigenvalue weighted by atomic mass is 9.82. The van der Waals surface area contributed by atoms with Crippen molar-refractivity contribution in [3.63, 3.8) is 0 Å². The lowest BCUT2D eigenvalue weighted by molar-refractivity contribution is 0.0725. The number of likely N-dealkylation sites (tertiary alicyclic amines) is 2. The van der Waals surface area contributed by atoms with Gasteiger partial charge in [0, 0.05) is 42.9 Å². The molecule has 1 aromatic carbocycles. The fourth-order valence-corrected chi connectivity index (χ4v) is 5.17. The molecule has 3 heterocycles. The molecule has 154 valence electrons. The van der Waals surface area contributed by atoms with Crippen LogP contribution in [0.2, 0.25) is 5.02 Å². The van der Waals surface area contributed by atoms with Gasteiger partial charge >= 0.3 is 6.03 Å². The van der Waals surface area contributed by atoms with Crippen LogP contribution in [0.4, 0.5) is 10.5 Å². The number of aliphatic hydroxyl groups excluding tert-OH is 1. The molecule has 0 bridgehead atoms. The minimum Gasteiger partial charge on any atom is -0.396 e. The highest BCUT2D eigenvalue weighted by Gasteiger charge is 2.54. The van der Waals surface area contributed by atoms with E-state index in [4.69, 9.17) is 11.6 Å². The number of rotatable bonds is 3. The Morgan fingerprint density at radius 3 is 2.66 bits per heavy atom. The van der Waals surface area contributed by atoms with Crippen LogP contribution in [0, 0.1) is 25.2 Å². The van der Waals surface area contributed by atoms with Crippen molar-refractivity contribution in [2.24, 2.45) is 11.3 Å². The van der Waals surface area contributed by atoms with E-state index < -0.39 is 5.41 Å². The van der Waals surface area contributed by atoms with E-state index in [1.165, 1.54) is 11.3 Å². The number of hydrogen-bond donors (Lipinski definition) is 2. The number of urea groups is 1. The summed E-state index contributed by atoms with van der Waals surface area (Å²) < 4.78 is 0. The molecule has 0 saturated carbocycles. The Labute approximate surface area is 178 Å². The number of fused-ring (bicyclic) bond motifs is 1. The SMILES string of the molecule is Cc1nc(C(=O)N2CC3CN(C(=O)Nc4c(C)cccc4Cl)CC3(CO)C2)cs1. The van der Waals surface area contributed by atoms with Gasteiger partial charge in [-0.3, -0.25) is 4.79 Å². The number of amides is 3. The van der Waals surface area contributed by atoms with Gasteiger partial charge in [-0.25, -0.2) is 9.78 Å². The molecule has 9 heteroatoms. The first-order valence-electron chi connectivity index (χ1n) is 9.46. The summed E-state index contributed by atoms with van der Waals surface area (Å²) >= 11 is 7.67. The van der Waals surface area contributed by atoms with Gasteiger partial charge in [0.25, 0.3) is 5.91 Å². The number of aryl methyl sites for hydroxylation is 2. The third-order valence-electron chi connectivity index (χ3n) is 5.94. The standard InChI is InChI=1S/C20H23ClN4O3S/c1-12-4-3-5-15(21)17(12)23-19(28)25-7-14-6-24(9-20(14,10-25)11-26)18(27)16-8-29-13(2)22-16/h3-5,8,14,26H,6-7,9-11H2,1-2H3,(H,23,28). The largest absolute Gasteiger partial charge is 0.396 e. The number of aliphatic hydroxyl groups is 1. The van der Waals surface area contributed by atoms with Crippen LogP contribution in [-0.4, -0.2) is 64.6 Å². The van der Waals surface area contributed by atoms with E-state index in [-0.39, 0.29) is 24.5 Å². The van der Waals surface area contributed by atoms with Gasteiger partial charge in [-0.05, 0) is 25.5 Å². The van der Waals surface area contributed by atoms with Gasteiger partial charge in [0.1, 0.15) is 5.69 Å². The van der Waals surface area contributed by atoms with E-state index in [0.717, 1.165) is 10.6 Å². The van der Waals surface area contributed by atoms with Gasteiger partial charge in [-0.2, -0.15) is 0 Å². The summed E-state index contributed by atoms with van der Waals surface area (Å²) in [6.45, 7) is 5.47. The first-order valence-corrected chi connectivity index (χ1v) is 10.7. The van der Waals surface area contributed by atoms with Crippen LogP contribution >= 0.6 is 22.9 Å². The second kappa shape index (κ2) is 7.59. The van der Waals surface area contributed by atoms with E-state index >= 15 is 0 Å². The fourth-order valence-electron chi connectivity index (χ4n) is 4.31. The van der Waals surface area contributed by atoms with Crippen LogP contribution < -0.4 is 5.32 Å². The van der Waals surface area contributed by atoms with Crippen molar-refractivity contribution in [2.75, 3.05) is 38.1 Å². The third-order valence-corrected chi connectivity index (χ3v) is 7.03. The number of aromatic nitrogens is 1. The Bertz CT molecular complexity index is 945. The Balaban J connectivity index is 1.46. The topological polar surface area (TPSA) is 85.8 Å². The maximum atomic E-state index is 12.8. The summed E-state index contributed by atoms with van der Waals surface area (Å²) in [6.07, 6.45) is 0. The minimum atomic E-state index is -0.506. The number of hydrogen-bond acceptors (Lipinski definition) is 5. The normalized spacial score (nSPS) is 23.4. The zero-order chi connectivity index (χ0) is 20.8. The van der Waals surface area contributed by atoms with Gasteiger partial charge in [0.05, 0.1) is 22.3 Å². The molecule has 0 radical (unpaired) electrons. The van der Waals surface area contributed by atoms with E-state index in [9.17, 15) is 14.7 Å². The lowest BCUT2D eigenvalue weighted by Crippen LogP contribution is -2.41. The van der Waals surface area contributed by atoms with E-state index in [1.807, 2.05) is 26.0 Å². The molecule has 1 aromatic heterocycles. The van der Waals surface area contributed by atoms with Gasteiger partial charge in [-0.1, -0.05) is 23.7 Å². The monoisotopic (exact) mass is 434 g/mol. The molecule has 2 aliphatic rings. The predicted molar refractivity (Wildman–Crippen MR) is 113 cm³/mol. The number of anilines is 1. The molecule has 2 aliphatic heterocycles. The van der Waals surface area contributed by atoms with Crippen molar-refractivity contribution >= 4 is 40.6 Å². The smallest absolute Gasteiger partial charge is 0.321 e. The van der Waals surface area contributed by atoms with Crippen LogP contribution in [0.5, 0.6) is 0 Å². The highest BCUT2D eigenvalue weighted by atomic mass is 35.5. The molecule has 2 atom stereocenters. The van der Waals surface area contributed by atoms with Crippen molar-refractivity contribution in [3.8, 4) is 0 Å². The van der Waals surface area contributed by atoms with Crippen molar-refractivity contribution in [2.45, 2.75) is 13.8 Å². The molecule has 2 N–H and O–H groups in total. The van der Waals surface area contributed by atoms with E-state index in [1.54, 1.807) is 21.2 Å². The van der Waals surface area contributed by atoms with Gasteiger partial charge in [0.2, 0.25) is 0 Å². The Morgan fingerprint density at radius 1 is 1.31 bits per heavy atom. The number of nitrogens with one attached hydrogen (secondary N) is 1. The highest BCUT2D eigenvalue weighted by molar-refractivity contribution is 7.09. The second-order valence-corrected chi connectivity index (χ2v) is 9.37. The maximum absolute atomic E-state index is 12.8. The molecule has 29 heavy (non-hydrogen) atoms. The summed E-state index contributed by atoms with van der Waals surface area (Å²) in [5.41, 5.74) is 1.43. The molecule has 4 rings (SSSR count). The number of para-hydroxylation sites is 1. The molecule has 3 amide bonds. The molecule has 2 fully saturated rings. The molecular weight excluding hydrogens is 412 g/mol. The van der Waals surface area contributed by atoms with Crippen molar-refractivity contribution in [1.82, 2.24) is 14.8 Å². The van der Waals surface area contributed by atoms with Crippen LogP contribution in [0.15, 0.2) is 23.6 Å². The van der Waals surface area contributed by atoms with Gasteiger partial charge in [-0.15, -0.1) is 11.3 Å². The van der Waals surface area contributed by atoms with E-state index in [2.05, 4.69) is 10.3 Å². The number of nitrogens with zero attached hydrogens (tertiary/aromatic N) is 3. The highest BCUT2D eigenvalue weighted by Crippen LogP contribution is 2.43. The first-order chi connectivity index (χ1) is 13.8. The van der Waals surface area contributed by atoms with Crippen LogP contribution in [0.3, 0.4) is 0 Å². The summed E-state index contributed by atoms with van der Waals surface area (Å²) in [5, 5.41) is 16.2. The number of thiazole rings is 1. The van der Waals surface area contributed by atoms with Crippen LogP contribution in [-0.2, 0) is 0 Å². The summed E-state index contributed by atoms with van der Waals surface area (Å²) in [6, 6.07) is 5.22. The third kappa shape index (κ3) is 3.60. The number of carbonyl (C=O) groups excluding carboxylic acids is 2. The van der Waals surface area contributed by atoms with Crippen molar-refractivity contribution in [3.05, 3.63) is 44.9 Å². The van der Waals surface area contributed by atoms with Crippen molar-refractivity contribution < 1.29 is 14.7 Å². The maximum Gasteiger partial charge on any atom is 0.321 e. The molecular formula is C20H23ClN4O3S. The second-order valence-electron chi connectivity index (χ2n) is 7.90. The quantitative estimate of drug-likeness (QED) is 0.777. The lowest BCUT2D eigenvalue weighted by Gasteiger charge is -2.27. The molecule has 0 spiro atoms. The Kier molecular flexibility index (Phi) is 5.27. The van der Waals surface area contributed by atoms with Crippen LogP contribution in [0.25, 0.3) is 0 Å². The first kappa shape index (κ1) is 20.1. The predicted octanol–water partition coefficient (Wildman–Crippen LogP) is 3.01. The summed E-state index contributed by atoms with van der Waals surface area (Å²) in [7, 11) is 0. The molecule has 2 aromatic rings. The van der Waals surface area contributed by atoms with E-state index in [0.29, 0.717) is 42.6 Å². The van der Waals surface area contributed by atoms with Gasteiger partial charge in [0.15, 0.2) is 0 Å². The summed E-state index contributed by atoms with van der Waals surface area (Å²) in [5.74, 6) is -0.0893. The molecule has 0 aliphatic carbocycles. The summed E-state index contributed by atoms with van der Waals surface area (Å²) in [4.78, 5) is 33.3. The minimum absolute atomic E-state index is 0.0225. The fraction of sp³-hybridized carbons (Fsp3) is 0.450. The molecule has 2 unspecified atom stereocenters. The Morgan fingerprint density at radius 2 is 2.03 bits per heavy atom. The van der Waals surface area contributed by atoms with Gasteiger partial charge < -0.3 is 20.2 Å². The molecule has 2 saturated heterocycles. The number of halogens is 1. The Hall–Kier alpha value is -2.16.